The lowest BCUT2D eigenvalue weighted by molar-refractivity contribution is 0.0651. The second kappa shape index (κ2) is 9.77. The quantitative estimate of drug-likeness (QED) is 0.540. The number of sulfonamides is 1. The van der Waals surface area contributed by atoms with Crippen molar-refractivity contribution in [2.24, 2.45) is 0 Å². The van der Waals surface area contributed by atoms with Crippen LogP contribution in [-0.2, 0) is 34.3 Å². The van der Waals surface area contributed by atoms with Gasteiger partial charge in [0, 0.05) is 18.7 Å². The molecule has 0 fully saturated rings. The van der Waals surface area contributed by atoms with Gasteiger partial charge >= 0.3 is 0 Å². The number of benzene rings is 3. The van der Waals surface area contributed by atoms with E-state index in [-0.39, 0.29) is 16.9 Å². The number of nitrogens with one attached hydrogen (secondary N) is 1. The van der Waals surface area contributed by atoms with Crippen molar-refractivity contribution >= 4 is 21.6 Å². The predicted molar refractivity (Wildman–Crippen MR) is 129 cm³/mol. The van der Waals surface area contributed by atoms with Gasteiger partial charge in [-0.3, -0.25) is 9.10 Å². The van der Waals surface area contributed by atoms with Crippen LogP contribution in [0.2, 0.25) is 0 Å². The molecule has 7 heteroatoms. The van der Waals surface area contributed by atoms with E-state index < -0.39 is 10.0 Å². The van der Waals surface area contributed by atoms with Crippen molar-refractivity contribution in [2.75, 3.05) is 10.8 Å². The number of hydrogen-bond donors (Lipinski definition) is 1. The fourth-order valence-electron chi connectivity index (χ4n) is 3.89. The summed E-state index contributed by atoms with van der Waals surface area (Å²) in [5, 5.41) is 2.90. The zero-order valence-corrected chi connectivity index (χ0v) is 19.6. The van der Waals surface area contributed by atoms with Crippen LogP contribution in [-0.4, -0.2) is 27.0 Å². The minimum absolute atomic E-state index is 0.109. The minimum atomic E-state index is -3.76. The molecule has 1 aliphatic rings. The topological polar surface area (TPSA) is 75.7 Å². The molecule has 0 spiro atoms. The van der Waals surface area contributed by atoms with Crippen LogP contribution < -0.4 is 9.62 Å². The number of rotatable bonds is 8. The Morgan fingerprint density at radius 2 is 1.73 bits per heavy atom. The lowest BCUT2D eigenvalue weighted by atomic mass is 10.1. The van der Waals surface area contributed by atoms with Gasteiger partial charge in [0.05, 0.1) is 23.3 Å². The fourth-order valence-corrected chi connectivity index (χ4v) is 5.44. The normalized spacial score (nSPS) is 13.2. The largest absolute Gasteiger partial charge is 0.374 e. The fraction of sp³-hybridized carbons (Fsp3) is 0.269. The maximum Gasteiger partial charge on any atom is 0.264 e. The number of hydrogen-bond acceptors (Lipinski definition) is 4. The Balaban J connectivity index is 1.49. The van der Waals surface area contributed by atoms with Crippen LogP contribution in [0.5, 0.6) is 0 Å². The Morgan fingerprint density at radius 1 is 1.00 bits per heavy atom. The molecule has 1 N–H and O–H groups in total. The second-order valence-corrected chi connectivity index (χ2v) is 10.2. The number of carbonyl (C=O) groups excluding carboxylic acids is 1. The van der Waals surface area contributed by atoms with Crippen LogP contribution in [0.25, 0.3) is 0 Å². The number of amides is 1. The van der Waals surface area contributed by atoms with Gasteiger partial charge in [-0.05, 0) is 61.2 Å². The van der Waals surface area contributed by atoms with E-state index >= 15 is 0 Å². The molecule has 0 bridgehead atoms. The van der Waals surface area contributed by atoms with Crippen LogP contribution in [0.1, 0.15) is 40.9 Å². The molecule has 0 aliphatic carbocycles. The highest BCUT2D eigenvalue weighted by molar-refractivity contribution is 7.92. The van der Waals surface area contributed by atoms with E-state index in [0.29, 0.717) is 37.4 Å². The maximum absolute atomic E-state index is 13.3. The monoisotopic (exact) mass is 464 g/mol. The number of anilines is 1. The molecule has 3 aromatic rings. The smallest absolute Gasteiger partial charge is 0.264 e. The molecule has 0 atom stereocenters. The number of fused-ring (bicyclic) bond motifs is 1. The van der Waals surface area contributed by atoms with E-state index in [9.17, 15) is 13.2 Å². The molecular formula is C26H28N2O4S. The molecule has 4 rings (SSSR count). The van der Waals surface area contributed by atoms with E-state index in [1.165, 1.54) is 16.4 Å². The van der Waals surface area contributed by atoms with Crippen LogP contribution >= 0.6 is 0 Å². The van der Waals surface area contributed by atoms with Crippen LogP contribution in [0.4, 0.5) is 5.69 Å². The summed E-state index contributed by atoms with van der Waals surface area (Å²) in [6.45, 7) is 5.15. The lowest BCUT2D eigenvalue weighted by Crippen LogP contribution is -2.29. The third-order valence-corrected chi connectivity index (χ3v) is 7.47. The highest BCUT2D eigenvalue weighted by atomic mass is 32.2. The van der Waals surface area contributed by atoms with Crippen molar-refractivity contribution in [2.45, 2.75) is 44.4 Å². The zero-order chi connectivity index (χ0) is 23.4. The molecule has 0 unspecified atom stereocenters. The summed E-state index contributed by atoms with van der Waals surface area (Å²) in [5.41, 5.74) is 3.99. The first-order valence-electron chi connectivity index (χ1n) is 11.0. The Hall–Kier alpha value is -3.16. The Kier molecular flexibility index (Phi) is 6.81. The van der Waals surface area contributed by atoms with E-state index in [0.717, 1.165) is 16.7 Å². The third kappa shape index (κ3) is 5.10. The summed E-state index contributed by atoms with van der Waals surface area (Å²) in [7, 11) is -3.76. The van der Waals surface area contributed by atoms with E-state index in [1.54, 1.807) is 12.1 Å². The second-order valence-electron chi connectivity index (χ2n) is 8.29. The first kappa shape index (κ1) is 23.0. The van der Waals surface area contributed by atoms with Crippen molar-refractivity contribution < 1.29 is 17.9 Å². The molecule has 6 nitrogen and oxygen atoms in total. The van der Waals surface area contributed by atoms with Gasteiger partial charge in [-0.25, -0.2) is 8.42 Å². The number of carbonyl (C=O) groups is 1. The molecule has 1 heterocycles. The van der Waals surface area contributed by atoms with Gasteiger partial charge in [0.25, 0.3) is 15.9 Å². The molecule has 0 saturated carbocycles. The van der Waals surface area contributed by atoms with Crippen LogP contribution in [0, 0.1) is 0 Å². The average Bonchev–Trinajstić information content (AvgIpc) is 3.27. The van der Waals surface area contributed by atoms with Crippen LogP contribution in [0.3, 0.4) is 0 Å². The summed E-state index contributed by atoms with van der Waals surface area (Å²) in [5.74, 6) is -0.326. The van der Waals surface area contributed by atoms with Gasteiger partial charge in [0.2, 0.25) is 0 Å². The highest BCUT2D eigenvalue weighted by Gasteiger charge is 2.30. The standard InChI is InChI=1S/C26H28N2O4S/c1-19(2)32-18-23-10-4-3-9-22(23)17-27-26(29)21-11-7-12-24(16-21)33(30,31)28-15-14-20-8-5-6-13-25(20)28/h3-13,16,19H,14-15,17-18H2,1-2H3,(H,27,29). The zero-order valence-electron chi connectivity index (χ0n) is 18.8. The Morgan fingerprint density at radius 3 is 2.52 bits per heavy atom. The molecule has 0 saturated heterocycles. The molecule has 172 valence electrons. The van der Waals surface area contributed by atoms with Gasteiger partial charge in [-0.15, -0.1) is 0 Å². The summed E-state index contributed by atoms with van der Waals surface area (Å²) < 4.78 is 33.7. The predicted octanol–water partition coefficient (Wildman–Crippen LogP) is 4.29. The average molecular weight is 465 g/mol. The number of para-hydroxylation sites is 1. The number of nitrogens with zero attached hydrogens (tertiary/aromatic N) is 1. The summed E-state index contributed by atoms with van der Waals surface area (Å²) in [6.07, 6.45) is 0.787. The molecular weight excluding hydrogens is 436 g/mol. The van der Waals surface area contributed by atoms with Gasteiger partial charge in [0.15, 0.2) is 0 Å². The van der Waals surface area contributed by atoms with Crippen molar-refractivity contribution in [3.8, 4) is 0 Å². The lowest BCUT2D eigenvalue weighted by Gasteiger charge is -2.20. The molecule has 33 heavy (non-hydrogen) atoms. The molecule has 0 aromatic heterocycles. The molecule has 3 aromatic carbocycles. The summed E-state index contributed by atoms with van der Waals surface area (Å²) in [6, 6.07) is 21.5. The first-order valence-corrected chi connectivity index (χ1v) is 12.5. The van der Waals surface area contributed by atoms with Crippen LogP contribution in [0.15, 0.2) is 77.7 Å². The van der Waals surface area contributed by atoms with Crippen molar-refractivity contribution in [3.63, 3.8) is 0 Å². The van der Waals surface area contributed by atoms with Gasteiger partial charge in [0.1, 0.15) is 0 Å². The molecule has 0 radical (unpaired) electrons. The maximum atomic E-state index is 13.3. The highest BCUT2D eigenvalue weighted by Crippen LogP contribution is 2.32. The van der Waals surface area contributed by atoms with E-state index in [4.69, 9.17) is 4.74 Å². The number of ether oxygens (including phenoxy) is 1. The van der Waals surface area contributed by atoms with Crippen molar-refractivity contribution in [1.82, 2.24) is 5.32 Å². The summed E-state index contributed by atoms with van der Waals surface area (Å²) >= 11 is 0. The summed E-state index contributed by atoms with van der Waals surface area (Å²) in [4.78, 5) is 13.0. The van der Waals surface area contributed by atoms with E-state index in [1.807, 2.05) is 62.4 Å². The van der Waals surface area contributed by atoms with Gasteiger partial charge in [-0.1, -0.05) is 48.5 Å². The SMILES string of the molecule is CC(C)OCc1ccccc1CNC(=O)c1cccc(S(=O)(=O)N2CCc3ccccc32)c1. The Labute approximate surface area is 195 Å². The van der Waals surface area contributed by atoms with Crippen molar-refractivity contribution in [1.29, 1.82) is 0 Å². The third-order valence-electron chi connectivity index (χ3n) is 5.66. The van der Waals surface area contributed by atoms with Crippen molar-refractivity contribution in [3.05, 3.63) is 95.1 Å². The first-order chi connectivity index (χ1) is 15.9. The Bertz CT molecular complexity index is 1250. The molecule has 1 amide bonds. The van der Waals surface area contributed by atoms with Gasteiger partial charge < -0.3 is 10.1 Å². The minimum Gasteiger partial charge on any atom is -0.374 e. The van der Waals surface area contributed by atoms with Gasteiger partial charge in [-0.2, -0.15) is 0 Å². The van der Waals surface area contributed by atoms with E-state index in [2.05, 4.69) is 5.32 Å². The molecule has 1 aliphatic heterocycles.